The van der Waals surface area contributed by atoms with Crippen LogP contribution >= 0.6 is 11.6 Å². The van der Waals surface area contributed by atoms with Crippen molar-refractivity contribution in [2.75, 3.05) is 31.6 Å². The van der Waals surface area contributed by atoms with Gasteiger partial charge in [-0.05, 0) is 90.1 Å². The van der Waals surface area contributed by atoms with Gasteiger partial charge in [0.25, 0.3) is 0 Å². The Morgan fingerprint density at radius 1 is 0.912 bits per heavy atom. The lowest BCUT2D eigenvalue weighted by Gasteiger charge is -2.31. The average molecular weight is 839 g/mol. The third-order valence-corrected chi connectivity index (χ3v) is 10.4. The van der Waals surface area contributed by atoms with E-state index in [2.05, 4.69) is 10.4 Å². The standard InChI is InChI=1S/C39H46ClF3N4O9S/c1-37(2,3)55-35(49)47(36(50)56-38(4,5)6)45-25-46-18-16-27(17-19-46)23-53-31-21-28(39(41,42)43)20-30(34(31)57(51,52)32-15-11-10-14-29(32)40)44-22-33(48)54-24-26-12-8-7-9-13-26/h7-15,20-21,25,27,44H,16-19,22-24H2,1-6H3/b45-25+. The number of piperidine rings is 1. The molecule has 1 saturated heterocycles. The average Bonchev–Trinajstić information content (AvgIpc) is 3.11. The molecule has 1 aliphatic heterocycles. The van der Waals surface area contributed by atoms with E-state index < -0.39 is 73.8 Å². The first-order valence-electron chi connectivity index (χ1n) is 17.9. The van der Waals surface area contributed by atoms with Gasteiger partial charge in [-0.25, -0.2) is 18.0 Å². The van der Waals surface area contributed by atoms with Gasteiger partial charge in [-0.2, -0.15) is 13.2 Å². The first-order valence-corrected chi connectivity index (χ1v) is 19.7. The first kappa shape index (κ1) is 44.7. The van der Waals surface area contributed by atoms with Gasteiger partial charge in [0.05, 0.1) is 27.8 Å². The zero-order chi connectivity index (χ0) is 42.2. The number of hydrogen-bond acceptors (Lipinski definition) is 11. The molecule has 3 aromatic rings. The number of alkyl halides is 3. The highest BCUT2D eigenvalue weighted by molar-refractivity contribution is 7.92. The van der Waals surface area contributed by atoms with Crippen molar-refractivity contribution in [3.05, 3.63) is 82.9 Å². The summed E-state index contributed by atoms with van der Waals surface area (Å²) in [6.45, 7) is 9.48. The van der Waals surface area contributed by atoms with E-state index in [0.29, 0.717) is 48.6 Å². The van der Waals surface area contributed by atoms with Crippen molar-refractivity contribution in [2.24, 2.45) is 11.0 Å². The molecule has 18 heteroatoms. The molecule has 0 spiro atoms. The Hall–Kier alpha value is -5.03. The Morgan fingerprint density at radius 2 is 1.49 bits per heavy atom. The number of imide groups is 1. The van der Waals surface area contributed by atoms with E-state index in [9.17, 15) is 36.0 Å². The van der Waals surface area contributed by atoms with Gasteiger partial charge in [-0.15, -0.1) is 5.10 Å². The Bertz CT molecular complexity index is 2000. The van der Waals surface area contributed by atoms with E-state index in [4.69, 9.17) is 30.5 Å². The number of halogens is 4. The second kappa shape index (κ2) is 18.5. The molecule has 2 amide bonds. The first-order chi connectivity index (χ1) is 26.5. The fraction of sp³-hybridized carbons (Fsp3) is 0.436. The van der Waals surface area contributed by atoms with Crippen molar-refractivity contribution in [3.63, 3.8) is 0 Å². The molecule has 310 valence electrons. The molecule has 13 nitrogen and oxygen atoms in total. The number of likely N-dealkylation sites (tertiary alicyclic amines) is 1. The molecule has 4 rings (SSSR count). The molecule has 1 heterocycles. The molecule has 1 fully saturated rings. The van der Waals surface area contributed by atoms with Crippen LogP contribution in [0.1, 0.15) is 65.5 Å². The van der Waals surface area contributed by atoms with Crippen LogP contribution in [0.5, 0.6) is 5.75 Å². The molecule has 57 heavy (non-hydrogen) atoms. The zero-order valence-corrected chi connectivity index (χ0v) is 34.0. The van der Waals surface area contributed by atoms with Gasteiger partial charge in [0.15, 0.2) is 0 Å². The van der Waals surface area contributed by atoms with Crippen molar-refractivity contribution in [3.8, 4) is 5.75 Å². The summed E-state index contributed by atoms with van der Waals surface area (Å²) in [5.41, 5.74) is -2.95. The molecule has 0 bridgehead atoms. The van der Waals surface area contributed by atoms with Gasteiger partial charge < -0.3 is 29.2 Å². The number of carbonyl (C=O) groups excluding carboxylic acids is 3. The lowest BCUT2D eigenvalue weighted by molar-refractivity contribution is -0.142. The molecule has 1 aliphatic rings. The quantitative estimate of drug-likeness (QED) is 0.0614. The van der Waals surface area contributed by atoms with Crippen molar-refractivity contribution < 1.29 is 54.9 Å². The van der Waals surface area contributed by atoms with E-state index in [-0.39, 0.29) is 29.0 Å². The predicted molar refractivity (Wildman–Crippen MR) is 206 cm³/mol. The molecular formula is C39H46ClF3N4O9S. The van der Waals surface area contributed by atoms with E-state index in [1.165, 1.54) is 30.6 Å². The third-order valence-electron chi connectivity index (χ3n) is 8.03. The summed E-state index contributed by atoms with van der Waals surface area (Å²) < 4.78 is 93.0. The van der Waals surface area contributed by atoms with Crippen molar-refractivity contribution in [2.45, 2.75) is 88.2 Å². The lowest BCUT2D eigenvalue weighted by atomic mass is 9.98. The Kier molecular flexibility index (Phi) is 14.5. The van der Waals surface area contributed by atoms with Gasteiger partial charge in [0, 0.05) is 13.1 Å². The minimum atomic E-state index is -4.92. The highest BCUT2D eigenvalue weighted by atomic mass is 35.5. The van der Waals surface area contributed by atoms with Crippen LogP contribution in [0.15, 0.2) is 81.6 Å². The minimum absolute atomic E-state index is 0.112. The van der Waals surface area contributed by atoms with Gasteiger partial charge in [0.2, 0.25) is 9.84 Å². The monoisotopic (exact) mass is 838 g/mol. The van der Waals surface area contributed by atoms with Crippen LogP contribution in [0.3, 0.4) is 0 Å². The van der Waals surface area contributed by atoms with Gasteiger partial charge in [-0.3, -0.25) is 4.79 Å². The topological polar surface area (TPSA) is 153 Å². The lowest BCUT2D eigenvalue weighted by Crippen LogP contribution is -2.42. The van der Waals surface area contributed by atoms with E-state index in [0.717, 1.165) is 0 Å². The molecular weight excluding hydrogens is 793 g/mol. The van der Waals surface area contributed by atoms with Crippen LogP contribution in [0.4, 0.5) is 28.4 Å². The number of nitrogens with zero attached hydrogens (tertiary/aromatic N) is 3. The fourth-order valence-electron chi connectivity index (χ4n) is 5.36. The molecule has 0 atom stereocenters. The van der Waals surface area contributed by atoms with Gasteiger partial charge >= 0.3 is 24.3 Å². The number of hydrogen-bond donors (Lipinski definition) is 1. The number of carbonyl (C=O) groups is 3. The van der Waals surface area contributed by atoms with Crippen molar-refractivity contribution in [1.29, 1.82) is 0 Å². The summed E-state index contributed by atoms with van der Waals surface area (Å²) in [5.74, 6) is -1.72. The zero-order valence-electron chi connectivity index (χ0n) is 32.4. The normalized spacial score (nSPS) is 14.2. The Balaban J connectivity index is 1.56. The summed E-state index contributed by atoms with van der Waals surface area (Å²) >= 11 is 6.28. The SMILES string of the molecule is CC(C)(C)OC(=O)N(/N=C/N1CCC(COc2cc(C(F)(F)F)cc(NCC(=O)OCc3ccccc3)c2S(=O)(=O)c2ccccc2Cl)CC1)C(=O)OC(C)(C)C. The van der Waals surface area contributed by atoms with E-state index in [1.54, 1.807) is 76.8 Å². The number of hydrazone groups is 1. The van der Waals surface area contributed by atoms with E-state index >= 15 is 0 Å². The number of nitrogens with one attached hydrogen (secondary N) is 1. The molecule has 0 saturated carbocycles. The Labute approximate surface area is 335 Å². The molecule has 0 unspecified atom stereocenters. The molecule has 3 aromatic carbocycles. The van der Waals surface area contributed by atoms with Crippen molar-refractivity contribution >= 4 is 51.6 Å². The summed E-state index contributed by atoms with van der Waals surface area (Å²) in [5, 5.41) is 6.88. The minimum Gasteiger partial charge on any atom is -0.492 e. The maximum Gasteiger partial charge on any atom is 0.441 e. The van der Waals surface area contributed by atoms with Crippen molar-refractivity contribution in [1.82, 2.24) is 9.91 Å². The summed E-state index contributed by atoms with van der Waals surface area (Å²) in [7, 11) is -4.66. The number of anilines is 1. The highest BCUT2D eigenvalue weighted by Gasteiger charge is 2.37. The largest absolute Gasteiger partial charge is 0.492 e. The van der Waals surface area contributed by atoms with Gasteiger partial charge in [0.1, 0.15) is 41.3 Å². The molecule has 1 N–H and O–H groups in total. The number of rotatable bonds is 12. The van der Waals surface area contributed by atoms with Crippen LogP contribution in [0, 0.1) is 5.92 Å². The maximum atomic E-state index is 14.3. The number of sulfone groups is 1. The number of ether oxygens (including phenoxy) is 4. The second-order valence-electron chi connectivity index (χ2n) is 15.1. The summed E-state index contributed by atoms with van der Waals surface area (Å²) in [6.07, 6.45) is -4.90. The van der Waals surface area contributed by atoms with Crippen LogP contribution in [-0.2, 0) is 41.6 Å². The Morgan fingerprint density at radius 3 is 2.05 bits per heavy atom. The van der Waals surface area contributed by atoms with Crippen LogP contribution < -0.4 is 10.1 Å². The smallest absolute Gasteiger partial charge is 0.441 e. The number of esters is 1. The molecule has 0 radical (unpaired) electrons. The predicted octanol–water partition coefficient (Wildman–Crippen LogP) is 8.55. The summed E-state index contributed by atoms with van der Waals surface area (Å²) in [4.78, 5) is 39.0. The maximum absolute atomic E-state index is 14.3. The van der Waals surface area contributed by atoms with Crippen LogP contribution in [-0.4, -0.2) is 80.3 Å². The third kappa shape index (κ3) is 13.3. The second-order valence-corrected chi connectivity index (χ2v) is 17.3. The summed E-state index contributed by atoms with van der Waals surface area (Å²) in [6, 6.07) is 15.3. The molecule has 0 aliphatic carbocycles. The van der Waals surface area contributed by atoms with Crippen LogP contribution in [0.25, 0.3) is 0 Å². The van der Waals surface area contributed by atoms with Crippen LogP contribution in [0.2, 0.25) is 5.02 Å². The molecule has 0 aromatic heterocycles. The van der Waals surface area contributed by atoms with E-state index in [1.807, 2.05) is 0 Å². The number of amides is 2. The highest BCUT2D eigenvalue weighted by Crippen LogP contribution is 2.43. The van der Waals surface area contributed by atoms with Gasteiger partial charge in [-0.1, -0.05) is 59.1 Å². The fourth-order valence-corrected chi connectivity index (χ4v) is 7.40. The number of benzene rings is 3.